The van der Waals surface area contributed by atoms with Gasteiger partial charge in [-0.05, 0) is 38.1 Å². The lowest BCUT2D eigenvalue weighted by molar-refractivity contribution is -1.03. The molecule has 2 N–H and O–H groups in total. The second kappa shape index (κ2) is 8.43. The summed E-state index contributed by atoms with van der Waals surface area (Å²) in [4.78, 5) is 3.11. The van der Waals surface area contributed by atoms with E-state index in [2.05, 4.69) is 48.3 Å². The molecule has 0 unspecified atom stereocenters. The largest absolute Gasteiger partial charge is 0.415 e. The molecule has 1 fully saturated rings. The van der Waals surface area contributed by atoms with E-state index in [1.165, 1.54) is 16.0 Å². The van der Waals surface area contributed by atoms with Crippen LogP contribution in [0.25, 0.3) is 11.5 Å². The lowest BCUT2D eigenvalue weighted by atomic mass is 10.1. The van der Waals surface area contributed by atoms with Gasteiger partial charge in [0.15, 0.2) is 6.04 Å². The first-order chi connectivity index (χ1) is 13.6. The number of nitrogens with zero attached hydrogens (tertiary/aromatic N) is 2. The minimum atomic E-state index is 0.208. The smallest absolute Gasteiger partial charge is 0.274 e. The quantitative estimate of drug-likeness (QED) is 0.688. The van der Waals surface area contributed by atoms with Crippen LogP contribution in [0.15, 0.2) is 52.9 Å². The first-order valence-corrected chi connectivity index (χ1v) is 10.3. The SMILES string of the molecule is Cc1ccc(-c2nnc([C@@H](C)[NH+]3CC[NH+](Cc4cccc(Cl)c4)CC3)o2)cc1. The first kappa shape index (κ1) is 19.1. The molecule has 0 spiro atoms. The summed E-state index contributed by atoms with van der Waals surface area (Å²) in [7, 11) is 0. The predicted octanol–water partition coefficient (Wildman–Crippen LogP) is 1.74. The van der Waals surface area contributed by atoms with Gasteiger partial charge >= 0.3 is 0 Å². The lowest BCUT2D eigenvalue weighted by Crippen LogP contribution is -3.27. The van der Waals surface area contributed by atoms with Crippen molar-refractivity contribution in [1.29, 1.82) is 0 Å². The number of hydrogen-bond acceptors (Lipinski definition) is 3. The number of rotatable bonds is 5. The summed E-state index contributed by atoms with van der Waals surface area (Å²) in [6, 6.07) is 16.6. The zero-order valence-corrected chi connectivity index (χ0v) is 17.2. The molecule has 6 heteroatoms. The van der Waals surface area contributed by atoms with E-state index in [0.29, 0.717) is 5.89 Å². The van der Waals surface area contributed by atoms with Gasteiger partial charge in [0.2, 0.25) is 5.89 Å². The molecule has 1 atom stereocenters. The molecule has 0 amide bonds. The number of aryl methyl sites for hydroxylation is 1. The molecule has 0 bridgehead atoms. The Bertz CT molecular complexity index is 916. The Morgan fingerprint density at radius 1 is 1.04 bits per heavy atom. The molecule has 28 heavy (non-hydrogen) atoms. The highest BCUT2D eigenvalue weighted by molar-refractivity contribution is 6.30. The highest BCUT2D eigenvalue weighted by Gasteiger charge is 2.31. The van der Waals surface area contributed by atoms with E-state index in [0.717, 1.165) is 49.2 Å². The highest BCUT2D eigenvalue weighted by Crippen LogP contribution is 2.20. The van der Waals surface area contributed by atoms with Crippen LogP contribution in [-0.4, -0.2) is 36.4 Å². The standard InChI is InChI=1S/C22H25ClN4O/c1-16-6-8-19(9-7-16)22-25-24-21(28-22)17(2)27-12-10-26(11-13-27)15-18-4-3-5-20(23)14-18/h3-9,14,17H,10-13,15H2,1-2H3/p+2/t17-/m1/s1. The van der Waals surface area contributed by atoms with Crippen molar-refractivity contribution < 1.29 is 14.2 Å². The van der Waals surface area contributed by atoms with E-state index in [-0.39, 0.29) is 6.04 Å². The number of aromatic nitrogens is 2. The van der Waals surface area contributed by atoms with Gasteiger partial charge in [-0.15, -0.1) is 10.2 Å². The van der Waals surface area contributed by atoms with Gasteiger partial charge in [-0.3, -0.25) is 0 Å². The summed E-state index contributed by atoms with van der Waals surface area (Å²) in [5.41, 5.74) is 3.50. The van der Waals surface area contributed by atoms with Gasteiger partial charge in [0, 0.05) is 16.1 Å². The molecule has 0 radical (unpaired) electrons. The van der Waals surface area contributed by atoms with Crippen LogP contribution in [0, 0.1) is 6.92 Å². The third kappa shape index (κ3) is 4.43. The van der Waals surface area contributed by atoms with E-state index >= 15 is 0 Å². The third-order valence-corrected chi connectivity index (χ3v) is 5.90. The second-order valence-electron chi connectivity index (χ2n) is 7.75. The molecule has 1 saturated heterocycles. The highest BCUT2D eigenvalue weighted by atomic mass is 35.5. The molecule has 1 aliphatic heterocycles. The number of nitrogens with one attached hydrogen (secondary N) is 2. The van der Waals surface area contributed by atoms with Crippen molar-refractivity contribution >= 4 is 11.6 Å². The maximum Gasteiger partial charge on any atom is 0.274 e. The van der Waals surface area contributed by atoms with Gasteiger partial charge in [-0.1, -0.05) is 41.4 Å². The zero-order chi connectivity index (χ0) is 19.5. The number of quaternary nitrogens is 2. The fourth-order valence-electron chi connectivity index (χ4n) is 3.87. The van der Waals surface area contributed by atoms with Gasteiger partial charge in [-0.25, -0.2) is 0 Å². The molecule has 0 aliphatic carbocycles. The number of halogens is 1. The molecule has 1 aromatic heterocycles. The number of hydrogen-bond donors (Lipinski definition) is 2. The fraction of sp³-hybridized carbons (Fsp3) is 0.364. The summed E-state index contributed by atoms with van der Waals surface area (Å²) in [6.07, 6.45) is 0. The molecule has 0 saturated carbocycles. The second-order valence-corrected chi connectivity index (χ2v) is 8.18. The van der Waals surface area contributed by atoms with E-state index < -0.39 is 0 Å². The predicted molar refractivity (Wildman–Crippen MR) is 109 cm³/mol. The maximum absolute atomic E-state index is 6.11. The Balaban J connectivity index is 1.35. The van der Waals surface area contributed by atoms with Crippen LogP contribution in [0.2, 0.25) is 5.02 Å². The summed E-state index contributed by atoms with van der Waals surface area (Å²) >= 11 is 6.11. The Labute approximate surface area is 170 Å². The third-order valence-electron chi connectivity index (χ3n) is 5.66. The van der Waals surface area contributed by atoms with Gasteiger partial charge in [0.25, 0.3) is 5.89 Å². The van der Waals surface area contributed by atoms with Crippen molar-refractivity contribution in [3.63, 3.8) is 0 Å². The fourth-order valence-corrected chi connectivity index (χ4v) is 4.08. The summed E-state index contributed by atoms with van der Waals surface area (Å²) in [6.45, 7) is 9.74. The van der Waals surface area contributed by atoms with Crippen molar-refractivity contribution in [2.75, 3.05) is 26.2 Å². The Morgan fingerprint density at radius 3 is 2.50 bits per heavy atom. The van der Waals surface area contributed by atoms with Crippen molar-refractivity contribution in [2.24, 2.45) is 0 Å². The van der Waals surface area contributed by atoms with Crippen LogP contribution in [0.5, 0.6) is 0 Å². The van der Waals surface area contributed by atoms with Gasteiger partial charge in [0.1, 0.15) is 32.7 Å². The zero-order valence-electron chi connectivity index (χ0n) is 16.4. The van der Waals surface area contributed by atoms with Gasteiger partial charge in [-0.2, -0.15) is 0 Å². The molecule has 4 rings (SSSR count). The van der Waals surface area contributed by atoms with E-state index in [1.807, 2.05) is 24.3 Å². The number of piperazine rings is 1. The summed E-state index contributed by atoms with van der Waals surface area (Å²) < 4.78 is 6.00. The lowest BCUT2D eigenvalue weighted by Gasteiger charge is -2.32. The molecular formula is C22H27ClN4O+2. The van der Waals surface area contributed by atoms with Crippen molar-refractivity contribution in [2.45, 2.75) is 26.4 Å². The van der Waals surface area contributed by atoms with Gasteiger partial charge in [0.05, 0.1) is 0 Å². The Kier molecular flexibility index (Phi) is 5.76. The average Bonchev–Trinajstić information content (AvgIpc) is 3.19. The van der Waals surface area contributed by atoms with E-state index in [9.17, 15) is 0 Å². The van der Waals surface area contributed by atoms with Crippen LogP contribution in [0.4, 0.5) is 0 Å². The Hall–Kier alpha value is -2.21. The molecule has 5 nitrogen and oxygen atoms in total. The van der Waals surface area contributed by atoms with Crippen LogP contribution in [0.3, 0.4) is 0 Å². The van der Waals surface area contributed by atoms with Crippen LogP contribution in [0.1, 0.15) is 30.0 Å². The monoisotopic (exact) mass is 398 g/mol. The summed E-state index contributed by atoms with van der Waals surface area (Å²) in [5, 5.41) is 9.41. The van der Waals surface area contributed by atoms with E-state index in [4.69, 9.17) is 16.0 Å². The van der Waals surface area contributed by atoms with E-state index in [1.54, 1.807) is 4.90 Å². The first-order valence-electron chi connectivity index (χ1n) is 9.91. The molecule has 2 aromatic carbocycles. The summed E-state index contributed by atoms with van der Waals surface area (Å²) in [5.74, 6) is 1.33. The topological polar surface area (TPSA) is 47.8 Å². The van der Waals surface area contributed by atoms with Crippen molar-refractivity contribution in [3.8, 4) is 11.5 Å². The average molecular weight is 399 g/mol. The molecule has 1 aliphatic rings. The number of benzene rings is 2. The maximum atomic E-state index is 6.11. The van der Waals surface area contributed by atoms with Gasteiger partial charge < -0.3 is 14.2 Å². The molecule has 2 heterocycles. The minimum Gasteiger partial charge on any atom is -0.415 e. The van der Waals surface area contributed by atoms with Crippen LogP contribution in [-0.2, 0) is 6.54 Å². The molecule has 146 valence electrons. The van der Waals surface area contributed by atoms with Crippen molar-refractivity contribution in [1.82, 2.24) is 10.2 Å². The van der Waals surface area contributed by atoms with Crippen LogP contribution < -0.4 is 9.80 Å². The van der Waals surface area contributed by atoms with Crippen molar-refractivity contribution in [3.05, 3.63) is 70.6 Å². The normalized spacial score (nSPS) is 20.8. The molecular weight excluding hydrogens is 372 g/mol. The van der Waals surface area contributed by atoms with Crippen LogP contribution >= 0.6 is 11.6 Å². The minimum absolute atomic E-state index is 0.208. The Morgan fingerprint density at radius 2 is 1.79 bits per heavy atom. The molecule has 3 aromatic rings.